The predicted molar refractivity (Wildman–Crippen MR) is 75.9 cm³/mol. The van der Waals surface area contributed by atoms with Gasteiger partial charge < -0.3 is 10.1 Å². The maximum Gasteiger partial charge on any atom is 0.230 e. The van der Waals surface area contributed by atoms with Gasteiger partial charge in [-0.2, -0.15) is 0 Å². The normalized spacial score (nSPS) is 22.5. The molecule has 2 unspecified atom stereocenters. The number of hydrogen-bond acceptors (Lipinski definition) is 2. The van der Waals surface area contributed by atoms with Crippen LogP contribution >= 0.6 is 27.5 Å². The van der Waals surface area contributed by atoms with Gasteiger partial charge in [0.05, 0.1) is 22.7 Å². The Morgan fingerprint density at radius 3 is 3.00 bits per heavy atom. The topological polar surface area (TPSA) is 38.3 Å². The summed E-state index contributed by atoms with van der Waals surface area (Å²) in [5, 5.41) is 2.92. The summed E-state index contributed by atoms with van der Waals surface area (Å²) in [6.45, 7) is 2.58. The molecule has 0 radical (unpaired) electrons. The summed E-state index contributed by atoms with van der Waals surface area (Å²) in [5.74, 6) is -0.776. The highest BCUT2D eigenvalue weighted by atomic mass is 79.9. The molecule has 6 heteroatoms. The molecule has 2 rings (SSSR count). The lowest BCUT2D eigenvalue weighted by Gasteiger charge is -2.17. The summed E-state index contributed by atoms with van der Waals surface area (Å²) in [6.07, 6.45) is 1.43. The first-order chi connectivity index (χ1) is 9.02. The van der Waals surface area contributed by atoms with E-state index in [0.717, 1.165) is 6.42 Å². The highest BCUT2D eigenvalue weighted by Crippen LogP contribution is 2.33. The number of carbonyl (C=O) groups is 1. The van der Waals surface area contributed by atoms with E-state index in [9.17, 15) is 9.18 Å². The Bertz CT molecular complexity index is 475. The third-order valence-electron chi connectivity index (χ3n) is 3.20. The van der Waals surface area contributed by atoms with E-state index in [1.807, 2.05) is 6.92 Å². The predicted octanol–water partition coefficient (Wildman–Crippen LogP) is 4.00. The van der Waals surface area contributed by atoms with E-state index in [4.69, 9.17) is 16.3 Å². The highest BCUT2D eigenvalue weighted by Gasteiger charge is 2.33. The standard InChI is InChI=1S/C13H14BrClFNO2/c1-2-11-8(3-4-19-11)13(18)17-12-9(14)5-7(16)6-10(12)15/h5-6,8,11H,2-4H2,1H3,(H,17,18). The molecular formula is C13H14BrClFNO2. The van der Waals surface area contributed by atoms with Crippen molar-refractivity contribution in [3.8, 4) is 0 Å². The molecule has 1 aliphatic heterocycles. The first kappa shape index (κ1) is 14.8. The Morgan fingerprint density at radius 1 is 1.63 bits per heavy atom. The Kier molecular flexibility index (Phi) is 4.81. The molecular weight excluding hydrogens is 337 g/mol. The average Bonchev–Trinajstić information content (AvgIpc) is 2.81. The van der Waals surface area contributed by atoms with Crippen LogP contribution < -0.4 is 5.32 Å². The van der Waals surface area contributed by atoms with E-state index in [2.05, 4.69) is 21.2 Å². The lowest BCUT2D eigenvalue weighted by atomic mass is 9.98. The number of nitrogens with one attached hydrogen (secondary N) is 1. The molecule has 0 bridgehead atoms. The van der Waals surface area contributed by atoms with Gasteiger partial charge in [-0.1, -0.05) is 18.5 Å². The van der Waals surface area contributed by atoms with Gasteiger partial charge in [0.15, 0.2) is 0 Å². The number of carbonyl (C=O) groups excluding carboxylic acids is 1. The molecule has 1 aliphatic rings. The molecule has 1 aromatic carbocycles. The van der Waals surface area contributed by atoms with Crippen molar-refractivity contribution in [3.63, 3.8) is 0 Å². The Labute approximate surface area is 124 Å². The zero-order valence-electron chi connectivity index (χ0n) is 10.4. The van der Waals surface area contributed by atoms with Crippen LogP contribution in [-0.2, 0) is 9.53 Å². The van der Waals surface area contributed by atoms with Crippen LogP contribution in [0, 0.1) is 11.7 Å². The summed E-state index contributed by atoms with van der Waals surface area (Å²) < 4.78 is 19.0. The van der Waals surface area contributed by atoms with Crippen molar-refractivity contribution >= 4 is 39.1 Å². The number of ether oxygens (including phenoxy) is 1. The fourth-order valence-corrected chi connectivity index (χ4v) is 3.13. The van der Waals surface area contributed by atoms with Gasteiger partial charge in [0, 0.05) is 11.1 Å². The number of rotatable bonds is 3. The lowest BCUT2D eigenvalue weighted by molar-refractivity contribution is -0.121. The van der Waals surface area contributed by atoms with Crippen LogP contribution in [0.25, 0.3) is 0 Å². The maximum absolute atomic E-state index is 13.1. The molecule has 0 aliphatic carbocycles. The van der Waals surface area contributed by atoms with Gasteiger partial charge in [-0.15, -0.1) is 0 Å². The van der Waals surface area contributed by atoms with E-state index in [1.54, 1.807) is 0 Å². The van der Waals surface area contributed by atoms with E-state index in [1.165, 1.54) is 12.1 Å². The molecule has 1 aromatic rings. The van der Waals surface area contributed by atoms with Gasteiger partial charge in [-0.25, -0.2) is 4.39 Å². The van der Waals surface area contributed by atoms with Gasteiger partial charge in [0.25, 0.3) is 0 Å². The maximum atomic E-state index is 13.1. The molecule has 3 nitrogen and oxygen atoms in total. The number of hydrogen-bond donors (Lipinski definition) is 1. The van der Waals surface area contributed by atoms with Gasteiger partial charge >= 0.3 is 0 Å². The first-order valence-electron chi connectivity index (χ1n) is 6.10. The van der Waals surface area contributed by atoms with Crippen LogP contribution in [-0.4, -0.2) is 18.6 Å². The summed E-state index contributed by atoms with van der Waals surface area (Å²) in [5.41, 5.74) is 0.398. The Hall–Kier alpha value is -0.650. The van der Waals surface area contributed by atoms with Crippen molar-refractivity contribution in [2.75, 3.05) is 11.9 Å². The Morgan fingerprint density at radius 2 is 2.37 bits per heavy atom. The van der Waals surface area contributed by atoms with Crippen molar-refractivity contribution < 1.29 is 13.9 Å². The summed E-state index contributed by atoms with van der Waals surface area (Å²) in [6, 6.07) is 2.44. The second kappa shape index (κ2) is 6.20. The average molecular weight is 351 g/mol. The molecule has 1 heterocycles. The second-order valence-electron chi connectivity index (χ2n) is 4.45. The smallest absolute Gasteiger partial charge is 0.230 e. The van der Waals surface area contributed by atoms with Crippen LogP contribution in [0.1, 0.15) is 19.8 Å². The summed E-state index contributed by atoms with van der Waals surface area (Å²) in [7, 11) is 0. The van der Waals surface area contributed by atoms with Crippen molar-refractivity contribution in [2.45, 2.75) is 25.9 Å². The van der Waals surface area contributed by atoms with Crippen molar-refractivity contribution in [1.82, 2.24) is 0 Å². The zero-order valence-corrected chi connectivity index (χ0v) is 12.7. The summed E-state index contributed by atoms with van der Waals surface area (Å²) >= 11 is 9.14. The molecule has 0 spiro atoms. The van der Waals surface area contributed by atoms with E-state index >= 15 is 0 Å². The van der Waals surface area contributed by atoms with Gasteiger partial charge in [-0.05, 0) is 40.9 Å². The fraction of sp³-hybridized carbons (Fsp3) is 0.462. The molecule has 104 valence electrons. The molecule has 19 heavy (non-hydrogen) atoms. The van der Waals surface area contributed by atoms with Crippen molar-refractivity contribution in [1.29, 1.82) is 0 Å². The number of anilines is 1. The first-order valence-corrected chi connectivity index (χ1v) is 7.27. The molecule has 1 fully saturated rings. The molecule has 1 saturated heterocycles. The molecule has 0 saturated carbocycles. The SMILES string of the molecule is CCC1OCCC1C(=O)Nc1c(Cl)cc(F)cc1Br. The van der Waals surface area contributed by atoms with Crippen LogP contribution in [0.15, 0.2) is 16.6 Å². The third-order valence-corrected chi connectivity index (χ3v) is 4.13. The number of amides is 1. The minimum absolute atomic E-state index is 0.0574. The molecule has 1 amide bonds. The Balaban J connectivity index is 2.15. The largest absolute Gasteiger partial charge is 0.377 e. The monoisotopic (exact) mass is 349 g/mol. The van der Waals surface area contributed by atoms with E-state index < -0.39 is 5.82 Å². The quantitative estimate of drug-likeness (QED) is 0.895. The second-order valence-corrected chi connectivity index (χ2v) is 5.71. The molecule has 1 N–H and O–H groups in total. The fourth-order valence-electron chi connectivity index (χ4n) is 2.23. The van der Waals surface area contributed by atoms with Gasteiger partial charge in [0.2, 0.25) is 5.91 Å². The van der Waals surface area contributed by atoms with Crippen molar-refractivity contribution in [3.05, 3.63) is 27.4 Å². The number of benzene rings is 1. The van der Waals surface area contributed by atoms with Crippen LogP contribution in [0.4, 0.5) is 10.1 Å². The van der Waals surface area contributed by atoms with Crippen LogP contribution in [0.2, 0.25) is 5.02 Å². The van der Waals surface area contributed by atoms with Crippen LogP contribution in [0.3, 0.4) is 0 Å². The number of halogens is 3. The van der Waals surface area contributed by atoms with Gasteiger partial charge in [-0.3, -0.25) is 4.79 Å². The summed E-state index contributed by atoms with van der Waals surface area (Å²) in [4.78, 5) is 12.2. The van der Waals surface area contributed by atoms with Gasteiger partial charge in [0.1, 0.15) is 5.82 Å². The van der Waals surface area contributed by atoms with Crippen molar-refractivity contribution in [2.24, 2.45) is 5.92 Å². The highest BCUT2D eigenvalue weighted by molar-refractivity contribution is 9.10. The minimum Gasteiger partial charge on any atom is -0.377 e. The zero-order chi connectivity index (χ0) is 14.0. The van der Waals surface area contributed by atoms with Crippen LogP contribution in [0.5, 0.6) is 0 Å². The molecule has 2 atom stereocenters. The minimum atomic E-state index is -0.453. The van der Waals surface area contributed by atoms with E-state index in [0.29, 0.717) is 23.2 Å². The third kappa shape index (κ3) is 3.27. The van der Waals surface area contributed by atoms with E-state index in [-0.39, 0.29) is 23.0 Å². The lowest BCUT2D eigenvalue weighted by Crippen LogP contribution is -2.29. The molecule has 0 aromatic heterocycles.